The van der Waals surface area contributed by atoms with Crippen LogP contribution in [0.5, 0.6) is 0 Å². The first-order valence-electron chi connectivity index (χ1n) is 3.04. The second-order valence-electron chi connectivity index (χ2n) is 2.42. The Morgan fingerprint density at radius 1 is 1.33 bits per heavy atom. The predicted octanol–water partition coefficient (Wildman–Crippen LogP) is 1.19. The van der Waals surface area contributed by atoms with Crippen molar-refractivity contribution in [3.63, 3.8) is 0 Å². The lowest BCUT2D eigenvalue weighted by molar-refractivity contribution is -0.125. The average Bonchev–Trinajstić information content (AvgIpc) is 1.63. The molecule has 0 N–H and O–H groups in total. The van der Waals surface area contributed by atoms with E-state index in [0.717, 1.165) is 0 Å². The maximum atomic E-state index is 10.5. The summed E-state index contributed by atoms with van der Waals surface area (Å²) in [6, 6.07) is 0. The summed E-state index contributed by atoms with van der Waals surface area (Å²) < 4.78 is 0. The highest BCUT2D eigenvalue weighted by molar-refractivity contribution is 5.85. The third-order valence-corrected chi connectivity index (χ3v) is 1.29. The zero-order valence-electron chi connectivity index (χ0n) is 6.10. The molecule has 1 atom stereocenters. The fraction of sp³-hybridized carbons (Fsp3) is 0.714. The zero-order valence-corrected chi connectivity index (χ0v) is 6.10. The van der Waals surface area contributed by atoms with Crippen molar-refractivity contribution in [1.82, 2.24) is 0 Å². The van der Waals surface area contributed by atoms with E-state index in [4.69, 9.17) is 0 Å². The first-order chi connectivity index (χ1) is 4.04. The van der Waals surface area contributed by atoms with E-state index < -0.39 is 0 Å². The molecule has 0 saturated carbocycles. The number of ketones is 2. The normalized spacial score (nSPS) is 12.8. The molecule has 0 aromatic rings. The van der Waals surface area contributed by atoms with Crippen LogP contribution in [0.1, 0.15) is 27.2 Å². The SMILES string of the molecule is CC(=O)C[C@H](C)C(C)=O. The minimum absolute atomic E-state index is 0.0812. The van der Waals surface area contributed by atoms with Crippen molar-refractivity contribution >= 4 is 11.6 Å². The van der Waals surface area contributed by atoms with Gasteiger partial charge in [0.2, 0.25) is 0 Å². The monoisotopic (exact) mass is 128 g/mol. The Kier molecular flexibility index (Phi) is 3.13. The number of Topliss-reactive ketones (excluding diaryl/α,β-unsaturated/α-hetero) is 2. The van der Waals surface area contributed by atoms with E-state index in [-0.39, 0.29) is 17.5 Å². The average molecular weight is 128 g/mol. The lowest BCUT2D eigenvalue weighted by Crippen LogP contribution is -2.09. The molecule has 0 heterocycles. The van der Waals surface area contributed by atoms with Crippen molar-refractivity contribution in [3.05, 3.63) is 0 Å². The Balaban J connectivity index is 3.63. The molecular weight excluding hydrogens is 116 g/mol. The van der Waals surface area contributed by atoms with Crippen LogP contribution in [0.4, 0.5) is 0 Å². The van der Waals surface area contributed by atoms with Crippen LogP contribution in [0, 0.1) is 5.92 Å². The molecule has 0 aliphatic rings. The van der Waals surface area contributed by atoms with Gasteiger partial charge in [0.25, 0.3) is 0 Å². The second-order valence-corrected chi connectivity index (χ2v) is 2.42. The van der Waals surface area contributed by atoms with Gasteiger partial charge in [-0.05, 0) is 13.8 Å². The van der Waals surface area contributed by atoms with Gasteiger partial charge >= 0.3 is 0 Å². The number of hydrogen-bond donors (Lipinski definition) is 0. The quantitative estimate of drug-likeness (QED) is 0.572. The van der Waals surface area contributed by atoms with Gasteiger partial charge in [-0.1, -0.05) is 6.92 Å². The highest BCUT2D eigenvalue weighted by Gasteiger charge is 2.08. The zero-order chi connectivity index (χ0) is 7.44. The molecule has 0 amide bonds. The molecule has 0 unspecified atom stereocenters. The fourth-order valence-corrected chi connectivity index (χ4v) is 0.575. The molecule has 0 aliphatic carbocycles. The molecular formula is C7H12O2. The standard InChI is InChI=1S/C7H12O2/c1-5(7(3)9)4-6(2)8/h5H,4H2,1-3H3/t5-/m0/s1. The van der Waals surface area contributed by atoms with Crippen LogP contribution in [-0.4, -0.2) is 11.6 Å². The van der Waals surface area contributed by atoms with E-state index in [2.05, 4.69) is 0 Å². The van der Waals surface area contributed by atoms with Gasteiger partial charge in [0, 0.05) is 12.3 Å². The largest absolute Gasteiger partial charge is 0.300 e. The van der Waals surface area contributed by atoms with Crippen LogP contribution in [-0.2, 0) is 9.59 Å². The highest BCUT2D eigenvalue weighted by Crippen LogP contribution is 2.02. The van der Waals surface area contributed by atoms with Crippen LogP contribution in [0.3, 0.4) is 0 Å². The van der Waals surface area contributed by atoms with E-state index in [0.29, 0.717) is 6.42 Å². The minimum Gasteiger partial charge on any atom is -0.300 e. The Labute approximate surface area is 55.3 Å². The van der Waals surface area contributed by atoms with Crippen molar-refractivity contribution in [3.8, 4) is 0 Å². The molecule has 0 bridgehead atoms. The van der Waals surface area contributed by atoms with Crippen LogP contribution in [0.25, 0.3) is 0 Å². The lowest BCUT2D eigenvalue weighted by Gasteiger charge is -2.01. The van der Waals surface area contributed by atoms with Gasteiger partial charge in [0.1, 0.15) is 11.6 Å². The van der Waals surface area contributed by atoms with E-state index in [1.165, 1.54) is 13.8 Å². The maximum absolute atomic E-state index is 10.5. The first kappa shape index (κ1) is 8.34. The maximum Gasteiger partial charge on any atom is 0.133 e. The Bertz CT molecular complexity index is 127. The van der Waals surface area contributed by atoms with Crippen molar-refractivity contribution in [2.24, 2.45) is 5.92 Å². The summed E-state index contributed by atoms with van der Waals surface area (Å²) in [5, 5.41) is 0. The highest BCUT2D eigenvalue weighted by atomic mass is 16.1. The molecule has 0 aliphatic heterocycles. The van der Waals surface area contributed by atoms with Gasteiger partial charge in [0.15, 0.2) is 0 Å². The van der Waals surface area contributed by atoms with E-state index in [1.807, 2.05) is 0 Å². The Morgan fingerprint density at radius 2 is 1.78 bits per heavy atom. The smallest absolute Gasteiger partial charge is 0.133 e. The summed E-state index contributed by atoms with van der Waals surface area (Å²) in [5.74, 6) is 0.0744. The Morgan fingerprint density at radius 3 is 1.89 bits per heavy atom. The third-order valence-electron chi connectivity index (χ3n) is 1.29. The van der Waals surface area contributed by atoms with Gasteiger partial charge in [0.05, 0.1) is 0 Å². The number of rotatable bonds is 3. The van der Waals surface area contributed by atoms with Gasteiger partial charge < -0.3 is 4.79 Å². The molecule has 0 spiro atoms. The summed E-state index contributed by atoms with van der Waals surface area (Å²) in [7, 11) is 0. The van der Waals surface area contributed by atoms with Crippen LogP contribution < -0.4 is 0 Å². The fourth-order valence-electron chi connectivity index (χ4n) is 0.575. The van der Waals surface area contributed by atoms with E-state index in [1.54, 1.807) is 6.92 Å². The van der Waals surface area contributed by atoms with Gasteiger partial charge in [-0.15, -0.1) is 0 Å². The topological polar surface area (TPSA) is 34.1 Å². The minimum atomic E-state index is -0.0949. The molecule has 0 aromatic heterocycles. The Hall–Kier alpha value is -0.660. The third kappa shape index (κ3) is 3.88. The van der Waals surface area contributed by atoms with Crippen molar-refractivity contribution in [2.75, 3.05) is 0 Å². The summed E-state index contributed by atoms with van der Waals surface area (Å²) in [4.78, 5) is 20.9. The lowest BCUT2D eigenvalue weighted by atomic mass is 10.0. The molecule has 0 radical (unpaired) electrons. The molecule has 2 heteroatoms. The predicted molar refractivity (Wildman–Crippen MR) is 35.1 cm³/mol. The second kappa shape index (κ2) is 3.38. The molecule has 9 heavy (non-hydrogen) atoms. The van der Waals surface area contributed by atoms with Crippen LogP contribution in [0.15, 0.2) is 0 Å². The number of carbonyl (C=O) groups excluding carboxylic acids is 2. The van der Waals surface area contributed by atoms with Crippen molar-refractivity contribution in [2.45, 2.75) is 27.2 Å². The molecule has 2 nitrogen and oxygen atoms in total. The summed E-state index contributed by atoms with van der Waals surface area (Å²) in [6.07, 6.45) is 0.384. The number of carbonyl (C=O) groups is 2. The molecule has 0 saturated heterocycles. The van der Waals surface area contributed by atoms with Crippen LogP contribution >= 0.6 is 0 Å². The van der Waals surface area contributed by atoms with E-state index in [9.17, 15) is 9.59 Å². The van der Waals surface area contributed by atoms with Crippen molar-refractivity contribution in [1.29, 1.82) is 0 Å². The number of hydrogen-bond acceptors (Lipinski definition) is 2. The molecule has 0 rings (SSSR count). The van der Waals surface area contributed by atoms with Gasteiger partial charge in [-0.3, -0.25) is 4.79 Å². The summed E-state index contributed by atoms with van der Waals surface area (Å²) >= 11 is 0. The molecule has 0 aromatic carbocycles. The molecule has 0 fully saturated rings. The molecule has 52 valence electrons. The van der Waals surface area contributed by atoms with Crippen LogP contribution in [0.2, 0.25) is 0 Å². The first-order valence-corrected chi connectivity index (χ1v) is 3.04. The summed E-state index contributed by atoms with van der Waals surface area (Å²) in [6.45, 7) is 4.77. The van der Waals surface area contributed by atoms with E-state index >= 15 is 0 Å². The van der Waals surface area contributed by atoms with Crippen molar-refractivity contribution < 1.29 is 9.59 Å². The summed E-state index contributed by atoms with van der Waals surface area (Å²) in [5.41, 5.74) is 0. The van der Waals surface area contributed by atoms with Gasteiger partial charge in [-0.25, -0.2) is 0 Å². The van der Waals surface area contributed by atoms with Gasteiger partial charge in [-0.2, -0.15) is 0 Å².